The van der Waals surface area contributed by atoms with Crippen molar-refractivity contribution in [2.24, 2.45) is 0 Å². The molecule has 0 amide bonds. The van der Waals surface area contributed by atoms with Crippen LogP contribution in [0, 0.1) is 27.7 Å². The average Bonchev–Trinajstić information content (AvgIpc) is 2.17. The van der Waals surface area contributed by atoms with Crippen molar-refractivity contribution in [3.8, 4) is 11.5 Å². The van der Waals surface area contributed by atoms with Crippen LogP contribution in [0.3, 0.4) is 0 Å². The van der Waals surface area contributed by atoms with Gasteiger partial charge >= 0.3 is 18.9 Å². The zero-order valence-corrected chi connectivity index (χ0v) is 10.5. The Hall–Kier alpha value is -0.713. The van der Waals surface area contributed by atoms with E-state index in [2.05, 4.69) is 6.92 Å². The summed E-state index contributed by atoms with van der Waals surface area (Å²) in [6, 6.07) is 0. The standard InChI is InChI=1S/C12H17O2.Li/c1-7-8(2)12(14-6)10(4)9(3)11(7)13-5;/h1H2,2-6H3;/q-1;+1. The van der Waals surface area contributed by atoms with Crippen molar-refractivity contribution in [1.82, 2.24) is 0 Å². The zero-order valence-electron chi connectivity index (χ0n) is 10.5. The molecule has 15 heavy (non-hydrogen) atoms. The summed E-state index contributed by atoms with van der Waals surface area (Å²) in [4.78, 5) is 0. The molecule has 0 unspecified atom stereocenters. The van der Waals surface area contributed by atoms with E-state index in [1.54, 1.807) is 14.2 Å². The smallest absolute Gasteiger partial charge is 0.553 e. The van der Waals surface area contributed by atoms with Crippen LogP contribution in [-0.4, -0.2) is 14.2 Å². The summed E-state index contributed by atoms with van der Waals surface area (Å²) in [5.74, 6) is 1.77. The van der Waals surface area contributed by atoms with E-state index in [1.807, 2.05) is 20.8 Å². The van der Waals surface area contributed by atoms with Crippen LogP contribution in [-0.2, 0) is 0 Å². The van der Waals surface area contributed by atoms with E-state index >= 15 is 0 Å². The van der Waals surface area contributed by atoms with Crippen LogP contribution in [0.4, 0.5) is 0 Å². The summed E-state index contributed by atoms with van der Waals surface area (Å²) in [7, 11) is 3.35. The normalized spacial score (nSPS) is 9.40. The minimum Gasteiger partial charge on any atom is -0.553 e. The van der Waals surface area contributed by atoms with Gasteiger partial charge in [-0.15, -0.1) is 11.1 Å². The molecule has 0 radical (unpaired) electrons. The van der Waals surface area contributed by atoms with E-state index in [1.165, 1.54) is 0 Å². The van der Waals surface area contributed by atoms with Gasteiger partial charge in [-0.25, -0.2) is 0 Å². The molecule has 78 valence electrons. The largest absolute Gasteiger partial charge is 1.00 e. The number of hydrogen-bond donors (Lipinski definition) is 0. The van der Waals surface area contributed by atoms with Gasteiger partial charge in [0.15, 0.2) is 0 Å². The summed E-state index contributed by atoms with van der Waals surface area (Å²) in [6.07, 6.45) is 0. The third kappa shape index (κ3) is 2.27. The number of hydrogen-bond acceptors (Lipinski definition) is 2. The van der Waals surface area contributed by atoms with Crippen LogP contribution < -0.4 is 28.3 Å². The van der Waals surface area contributed by atoms with Gasteiger partial charge in [-0.05, 0) is 19.4 Å². The van der Waals surface area contributed by atoms with Gasteiger partial charge in [0, 0.05) is 5.75 Å². The molecule has 0 aliphatic carbocycles. The molecule has 2 nitrogen and oxygen atoms in total. The second-order valence-electron chi connectivity index (χ2n) is 3.42. The Bertz CT molecular complexity index is 295. The fourth-order valence-corrected chi connectivity index (χ4v) is 1.74. The molecule has 3 heteroatoms. The van der Waals surface area contributed by atoms with Gasteiger partial charge < -0.3 is 9.47 Å². The minimum absolute atomic E-state index is 0. The van der Waals surface area contributed by atoms with Crippen LogP contribution in [0.5, 0.6) is 11.5 Å². The first kappa shape index (κ1) is 14.3. The van der Waals surface area contributed by atoms with Crippen molar-refractivity contribution in [1.29, 1.82) is 0 Å². The second kappa shape index (κ2) is 5.39. The number of benzene rings is 1. The Balaban J connectivity index is 0.00000196. The van der Waals surface area contributed by atoms with E-state index < -0.39 is 0 Å². The molecule has 1 rings (SSSR count). The monoisotopic (exact) mass is 200 g/mol. The Morgan fingerprint density at radius 1 is 0.800 bits per heavy atom. The zero-order chi connectivity index (χ0) is 10.9. The molecule has 1 aromatic carbocycles. The Morgan fingerprint density at radius 2 is 1.20 bits per heavy atom. The Labute approximate surface area is 104 Å². The van der Waals surface area contributed by atoms with Gasteiger partial charge in [0.1, 0.15) is 0 Å². The first-order valence-corrected chi connectivity index (χ1v) is 4.58. The second-order valence-corrected chi connectivity index (χ2v) is 3.42. The molecular formula is C12H17LiO2. The van der Waals surface area contributed by atoms with Crippen molar-refractivity contribution in [2.75, 3.05) is 14.2 Å². The number of methoxy groups -OCH3 is 2. The molecule has 0 atom stereocenters. The molecule has 0 spiro atoms. The van der Waals surface area contributed by atoms with Crippen molar-refractivity contribution in [2.45, 2.75) is 20.8 Å². The summed E-state index contributed by atoms with van der Waals surface area (Å²) in [5.41, 5.74) is 4.18. The van der Waals surface area contributed by atoms with Crippen molar-refractivity contribution >= 4 is 0 Å². The topological polar surface area (TPSA) is 18.5 Å². The third-order valence-electron chi connectivity index (χ3n) is 2.72. The first-order chi connectivity index (χ1) is 6.54. The van der Waals surface area contributed by atoms with Crippen LogP contribution in [0.1, 0.15) is 22.3 Å². The van der Waals surface area contributed by atoms with Crippen LogP contribution in [0.2, 0.25) is 0 Å². The maximum atomic E-state index is 5.34. The van der Waals surface area contributed by atoms with Gasteiger partial charge in [-0.1, -0.05) is 12.5 Å². The van der Waals surface area contributed by atoms with E-state index in [4.69, 9.17) is 9.47 Å². The van der Waals surface area contributed by atoms with E-state index in [-0.39, 0.29) is 18.9 Å². The van der Waals surface area contributed by atoms with Gasteiger partial charge in [0.05, 0.1) is 20.0 Å². The Morgan fingerprint density at radius 3 is 1.60 bits per heavy atom. The molecule has 0 aliphatic heterocycles. The van der Waals surface area contributed by atoms with Gasteiger partial charge in [-0.3, -0.25) is 0 Å². The number of ether oxygens (including phenoxy) is 2. The molecule has 1 aromatic rings. The first-order valence-electron chi connectivity index (χ1n) is 4.58. The summed E-state index contributed by atoms with van der Waals surface area (Å²) in [5, 5.41) is 0. The Kier molecular flexibility index (Phi) is 5.14. The molecule has 0 heterocycles. The van der Waals surface area contributed by atoms with Gasteiger partial charge in [0.25, 0.3) is 0 Å². The van der Waals surface area contributed by atoms with Crippen LogP contribution in [0.15, 0.2) is 0 Å². The maximum absolute atomic E-state index is 5.34. The van der Waals surface area contributed by atoms with E-state index in [0.717, 1.165) is 33.8 Å². The quantitative estimate of drug-likeness (QED) is 0.487. The minimum atomic E-state index is 0. The molecule has 0 saturated heterocycles. The molecule has 0 N–H and O–H groups in total. The van der Waals surface area contributed by atoms with E-state index in [9.17, 15) is 0 Å². The van der Waals surface area contributed by atoms with Gasteiger partial charge in [0.2, 0.25) is 0 Å². The number of rotatable bonds is 2. The van der Waals surface area contributed by atoms with Crippen molar-refractivity contribution < 1.29 is 28.3 Å². The SMILES string of the molecule is [CH2-]c1c(C)c(OC)c(C)c(C)c1OC.[Li+]. The fourth-order valence-electron chi connectivity index (χ4n) is 1.74. The molecule has 0 saturated carbocycles. The molecule has 0 aromatic heterocycles. The van der Waals surface area contributed by atoms with Crippen molar-refractivity contribution in [3.05, 3.63) is 29.2 Å². The molecule has 0 fully saturated rings. The molecule has 0 aliphatic rings. The predicted molar refractivity (Wildman–Crippen MR) is 58.2 cm³/mol. The third-order valence-corrected chi connectivity index (χ3v) is 2.72. The molecular weight excluding hydrogens is 183 g/mol. The van der Waals surface area contributed by atoms with Crippen LogP contribution >= 0.6 is 0 Å². The fraction of sp³-hybridized carbons (Fsp3) is 0.417. The van der Waals surface area contributed by atoms with E-state index in [0.29, 0.717) is 0 Å². The summed E-state index contributed by atoms with van der Waals surface area (Å²) < 4.78 is 10.7. The summed E-state index contributed by atoms with van der Waals surface area (Å²) in [6.45, 7) is 10.0. The average molecular weight is 200 g/mol. The van der Waals surface area contributed by atoms with Crippen LogP contribution in [0.25, 0.3) is 0 Å². The van der Waals surface area contributed by atoms with Gasteiger partial charge in [-0.2, -0.15) is 6.92 Å². The summed E-state index contributed by atoms with van der Waals surface area (Å²) >= 11 is 0. The predicted octanol–water partition coefficient (Wildman–Crippen LogP) is -0.185. The maximum Gasteiger partial charge on any atom is 1.00 e. The van der Waals surface area contributed by atoms with Crippen molar-refractivity contribution in [3.63, 3.8) is 0 Å². The molecule has 0 bridgehead atoms.